The average molecular weight is 311 g/mol. The van der Waals surface area contributed by atoms with Gasteiger partial charge in [-0.15, -0.1) is 11.8 Å². The van der Waals surface area contributed by atoms with E-state index in [0.717, 1.165) is 17.3 Å². The Morgan fingerprint density at radius 1 is 1.33 bits per heavy atom. The fraction of sp³-hybridized carbons (Fsp3) is 0.909. The molecule has 1 amide bonds. The highest BCUT2D eigenvalue weighted by atomic mass is 32.2. The van der Waals surface area contributed by atoms with Crippen molar-refractivity contribution >= 4 is 39.3 Å². The molecule has 7 heteroatoms. The number of sulfone groups is 1. The minimum absolute atomic E-state index is 0.00672. The molecule has 106 valence electrons. The molecule has 0 radical (unpaired) electrons. The van der Waals surface area contributed by atoms with Crippen LogP contribution in [0.15, 0.2) is 0 Å². The molecule has 0 spiro atoms. The van der Waals surface area contributed by atoms with Crippen LogP contribution < -0.4 is 5.32 Å². The Morgan fingerprint density at radius 3 is 2.50 bits per heavy atom. The van der Waals surface area contributed by atoms with Crippen molar-refractivity contribution in [3.8, 4) is 0 Å². The van der Waals surface area contributed by atoms with Crippen LogP contribution in [0.1, 0.15) is 20.8 Å². The number of hydrogen-bond donors (Lipinski definition) is 1. The molecule has 1 aliphatic rings. The van der Waals surface area contributed by atoms with E-state index in [0.29, 0.717) is 0 Å². The normalized spacial score (nSPS) is 21.6. The van der Waals surface area contributed by atoms with E-state index in [4.69, 9.17) is 0 Å². The quantitative estimate of drug-likeness (QED) is 0.844. The summed E-state index contributed by atoms with van der Waals surface area (Å²) in [5.41, 5.74) is 0. The summed E-state index contributed by atoms with van der Waals surface area (Å²) >= 11 is 3.43. The third-order valence-corrected chi connectivity index (χ3v) is 8.07. The van der Waals surface area contributed by atoms with E-state index in [9.17, 15) is 13.2 Å². The Kier molecular flexibility index (Phi) is 5.86. The van der Waals surface area contributed by atoms with Crippen molar-refractivity contribution in [1.82, 2.24) is 5.32 Å². The van der Waals surface area contributed by atoms with Gasteiger partial charge in [0.1, 0.15) is 0 Å². The Labute approximate surface area is 118 Å². The Bertz CT molecular complexity index is 381. The van der Waals surface area contributed by atoms with Crippen LogP contribution in [-0.4, -0.2) is 53.9 Å². The zero-order chi connectivity index (χ0) is 13.8. The number of thioether (sulfide) groups is 2. The molecule has 1 saturated heterocycles. The molecule has 0 unspecified atom stereocenters. The number of hydrogen-bond acceptors (Lipinski definition) is 5. The molecule has 1 atom stereocenters. The monoisotopic (exact) mass is 311 g/mol. The summed E-state index contributed by atoms with van der Waals surface area (Å²) in [5, 5.41) is 2.70. The summed E-state index contributed by atoms with van der Waals surface area (Å²) in [6.45, 7) is 5.24. The summed E-state index contributed by atoms with van der Waals surface area (Å²) in [4.78, 5) is 11.8. The summed E-state index contributed by atoms with van der Waals surface area (Å²) in [7, 11) is -3.15. The predicted molar refractivity (Wildman–Crippen MR) is 80.1 cm³/mol. The highest BCUT2D eigenvalue weighted by Crippen LogP contribution is 2.24. The fourth-order valence-corrected chi connectivity index (χ4v) is 4.93. The largest absolute Gasteiger partial charge is 0.354 e. The predicted octanol–water partition coefficient (Wildman–Crippen LogP) is 1.16. The van der Waals surface area contributed by atoms with E-state index in [1.165, 1.54) is 0 Å². The van der Waals surface area contributed by atoms with E-state index in [2.05, 4.69) is 5.32 Å². The van der Waals surface area contributed by atoms with Gasteiger partial charge in [-0.05, 0) is 20.8 Å². The van der Waals surface area contributed by atoms with Crippen LogP contribution >= 0.6 is 23.5 Å². The highest BCUT2D eigenvalue weighted by molar-refractivity contribution is 8.07. The maximum absolute atomic E-state index is 11.8. The summed E-state index contributed by atoms with van der Waals surface area (Å²) in [6.07, 6.45) is 0. The number of nitrogens with one attached hydrogen (secondary N) is 1. The molecule has 0 saturated carbocycles. The zero-order valence-corrected chi connectivity index (χ0v) is 13.5. The van der Waals surface area contributed by atoms with Crippen molar-refractivity contribution in [3.63, 3.8) is 0 Å². The number of rotatable bonds is 4. The van der Waals surface area contributed by atoms with E-state index in [1.54, 1.807) is 44.3 Å². The van der Waals surface area contributed by atoms with Gasteiger partial charge in [-0.3, -0.25) is 4.79 Å². The van der Waals surface area contributed by atoms with Crippen LogP contribution in [0, 0.1) is 0 Å². The number of carbonyl (C=O) groups excluding carboxylic acids is 1. The lowest BCUT2D eigenvalue weighted by Crippen LogP contribution is -2.40. The molecule has 0 aromatic heterocycles. The molecule has 4 nitrogen and oxygen atoms in total. The molecule has 1 N–H and O–H groups in total. The molecule has 18 heavy (non-hydrogen) atoms. The molecule has 0 aromatic rings. The molecule has 0 aliphatic carbocycles. The van der Waals surface area contributed by atoms with Crippen molar-refractivity contribution < 1.29 is 13.2 Å². The van der Waals surface area contributed by atoms with E-state index >= 15 is 0 Å². The topological polar surface area (TPSA) is 63.2 Å². The van der Waals surface area contributed by atoms with Gasteiger partial charge in [0, 0.05) is 23.8 Å². The molecular weight excluding hydrogens is 290 g/mol. The van der Waals surface area contributed by atoms with Gasteiger partial charge >= 0.3 is 0 Å². The molecule has 1 aliphatic heterocycles. The lowest BCUT2D eigenvalue weighted by molar-refractivity contribution is -0.120. The molecule has 1 fully saturated rings. The maximum atomic E-state index is 11.8. The molecule has 1 heterocycles. The van der Waals surface area contributed by atoms with Gasteiger partial charge in [-0.25, -0.2) is 8.42 Å². The second-order valence-electron chi connectivity index (χ2n) is 5.16. The van der Waals surface area contributed by atoms with Gasteiger partial charge < -0.3 is 5.32 Å². The second-order valence-corrected chi connectivity index (χ2v) is 10.5. The van der Waals surface area contributed by atoms with E-state index < -0.39 is 14.6 Å². The van der Waals surface area contributed by atoms with Gasteiger partial charge in [-0.2, -0.15) is 11.8 Å². The molecular formula is C11H21NO3S3. The van der Waals surface area contributed by atoms with Crippen LogP contribution in [0.25, 0.3) is 0 Å². The number of carbonyl (C=O) groups is 1. The standard InChI is InChI=1S/C11H21NO3S3/c1-11(2,3)18(14,15)7-4-12-10(13)9-8-16-5-6-17-9/h9H,4-8H2,1-3H3,(H,12,13)/t9-/m0/s1. The summed E-state index contributed by atoms with van der Waals surface area (Å²) in [5.74, 6) is 2.88. The lowest BCUT2D eigenvalue weighted by Gasteiger charge is -2.22. The van der Waals surface area contributed by atoms with Crippen LogP contribution in [0.4, 0.5) is 0 Å². The van der Waals surface area contributed by atoms with Crippen LogP contribution in [0.2, 0.25) is 0 Å². The Morgan fingerprint density at radius 2 is 2.00 bits per heavy atom. The maximum Gasteiger partial charge on any atom is 0.233 e. The molecule has 1 rings (SSSR count). The van der Waals surface area contributed by atoms with Gasteiger partial charge in [0.25, 0.3) is 0 Å². The number of amides is 1. The minimum Gasteiger partial charge on any atom is -0.354 e. The van der Waals surface area contributed by atoms with Gasteiger partial charge in [0.05, 0.1) is 15.7 Å². The SMILES string of the molecule is CC(C)(C)S(=O)(=O)CCNC(=O)[C@@H]1CSCCS1. The first-order chi connectivity index (χ1) is 8.24. The van der Waals surface area contributed by atoms with Crippen LogP contribution in [0.3, 0.4) is 0 Å². The van der Waals surface area contributed by atoms with E-state index in [-0.39, 0.29) is 23.5 Å². The van der Waals surface area contributed by atoms with Gasteiger partial charge in [0.2, 0.25) is 5.91 Å². The van der Waals surface area contributed by atoms with Gasteiger partial charge in [-0.1, -0.05) is 0 Å². The Hall–Kier alpha value is 0.120. The first-order valence-corrected chi connectivity index (χ1v) is 9.79. The van der Waals surface area contributed by atoms with Crippen LogP contribution in [0.5, 0.6) is 0 Å². The smallest absolute Gasteiger partial charge is 0.233 e. The third-order valence-electron chi connectivity index (χ3n) is 2.71. The molecule has 0 aromatic carbocycles. The average Bonchev–Trinajstić information content (AvgIpc) is 2.28. The lowest BCUT2D eigenvalue weighted by atomic mass is 10.3. The highest BCUT2D eigenvalue weighted by Gasteiger charge is 2.29. The summed E-state index contributed by atoms with van der Waals surface area (Å²) in [6, 6.07) is 0. The van der Waals surface area contributed by atoms with Crippen molar-refractivity contribution in [3.05, 3.63) is 0 Å². The third kappa shape index (κ3) is 4.66. The zero-order valence-electron chi connectivity index (χ0n) is 11.1. The van der Waals surface area contributed by atoms with Crippen molar-refractivity contribution in [1.29, 1.82) is 0 Å². The molecule has 0 bridgehead atoms. The Balaban J connectivity index is 2.35. The van der Waals surface area contributed by atoms with Gasteiger partial charge in [0.15, 0.2) is 9.84 Å². The first kappa shape index (κ1) is 16.2. The fourth-order valence-electron chi connectivity index (χ4n) is 1.37. The summed E-state index contributed by atoms with van der Waals surface area (Å²) < 4.78 is 22.9. The van der Waals surface area contributed by atoms with Crippen molar-refractivity contribution in [2.75, 3.05) is 29.6 Å². The first-order valence-electron chi connectivity index (χ1n) is 5.93. The van der Waals surface area contributed by atoms with Crippen molar-refractivity contribution in [2.45, 2.75) is 30.8 Å². The van der Waals surface area contributed by atoms with E-state index in [1.807, 2.05) is 0 Å². The minimum atomic E-state index is -3.15. The van der Waals surface area contributed by atoms with Crippen LogP contribution in [-0.2, 0) is 14.6 Å². The second kappa shape index (κ2) is 6.52. The van der Waals surface area contributed by atoms with Crippen molar-refractivity contribution in [2.24, 2.45) is 0 Å².